The third-order valence-corrected chi connectivity index (χ3v) is 10.2. The summed E-state index contributed by atoms with van der Waals surface area (Å²) in [5.74, 6) is 1.59. The van der Waals surface area contributed by atoms with Gasteiger partial charge in [0.15, 0.2) is 5.78 Å². The van der Waals surface area contributed by atoms with Crippen LogP contribution in [0, 0.1) is 40.4 Å². The number of esters is 1. The molecule has 33 heavy (non-hydrogen) atoms. The number of hydrogen-bond acceptors (Lipinski definition) is 5. The molecule has 3 fully saturated rings. The summed E-state index contributed by atoms with van der Waals surface area (Å²) in [4.78, 5) is 35.5. The fourth-order valence-corrected chi connectivity index (χ4v) is 8.71. The number of ketones is 1. The molecule has 0 aromatic heterocycles. The summed E-state index contributed by atoms with van der Waals surface area (Å²) in [5.41, 5.74) is 0.878. The van der Waals surface area contributed by atoms with Crippen LogP contribution in [0.1, 0.15) is 66.2 Å². The van der Waals surface area contributed by atoms with Gasteiger partial charge in [0.1, 0.15) is 6.10 Å². The number of allylic oxidation sites excluding steroid dienone is 1. The standard InChI is InChI=1S/C27H37ClO5/c1-5-32-22(31)9-6-16(2)18-7-8-19-23-20(11-13-26(18,19)3)27(4)12-10-17(30)14-21(27)25(24(23)28)33-15-29/h6,9,14-16,18-20,23-25H,5,7-8,10-13H2,1-4H3/b9-6+/t16-,18?,19?,20?,23?,24+,25+,26-,27-/m1/s1. The van der Waals surface area contributed by atoms with E-state index in [0.717, 1.165) is 37.7 Å². The van der Waals surface area contributed by atoms with E-state index in [1.807, 2.05) is 13.0 Å². The molecular weight excluding hydrogens is 440 g/mol. The van der Waals surface area contributed by atoms with Gasteiger partial charge < -0.3 is 9.47 Å². The van der Waals surface area contributed by atoms with E-state index < -0.39 is 6.10 Å². The van der Waals surface area contributed by atoms with Gasteiger partial charge in [0.25, 0.3) is 6.47 Å². The minimum absolute atomic E-state index is 0.105. The van der Waals surface area contributed by atoms with E-state index in [-0.39, 0.29) is 39.8 Å². The number of ether oxygens (including phenoxy) is 2. The van der Waals surface area contributed by atoms with Crippen LogP contribution in [0.5, 0.6) is 0 Å². The highest BCUT2D eigenvalue weighted by molar-refractivity contribution is 6.21. The van der Waals surface area contributed by atoms with Crippen LogP contribution in [0.4, 0.5) is 0 Å². The summed E-state index contributed by atoms with van der Waals surface area (Å²) in [6.45, 7) is 9.54. The van der Waals surface area contributed by atoms with Crippen LogP contribution in [0.25, 0.3) is 0 Å². The van der Waals surface area contributed by atoms with E-state index in [4.69, 9.17) is 21.1 Å². The van der Waals surface area contributed by atoms with Crippen LogP contribution in [-0.2, 0) is 23.9 Å². The van der Waals surface area contributed by atoms with E-state index in [2.05, 4.69) is 20.8 Å². The maximum atomic E-state index is 12.3. The molecule has 0 aliphatic heterocycles. The Bertz CT molecular complexity index is 865. The molecule has 9 atom stereocenters. The van der Waals surface area contributed by atoms with Crippen LogP contribution >= 0.6 is 11.6 Å². The SMILES string of the molecule is CCOC(=O)/C=C/[C@@H](C)C1CCC2C3C(CC[C@@]21C)[C@@]1(C)CCC(=O)C=C1[C@H](OC=O)[C@H]3Cl. The quantitative estimate of drug-likeness (QED) is 0.226. The largest absolute Gasteiger partial charge is 0.463 e. The van der Waals surface area contributed by atoms with Crippen molar-refractivity contribution in [2.24, 2.45) is 40.4 Å². The first kappa shape index (κ1) is 24.5. The van der Waals surface area contributed by atoms with Gasteiger partial charge in [0, 0.05) is 12.5 Å². The fraction of sp³-hybridized carbons (Fsp3) is 0.741. The minimum Gasteiger partial charge on any atom is -0.463 e. The zero-order valence-electron chi connectivity index (χ0n) is 20.2. The Morgan fingerprint density at radius 3 is 2.70 bits per heavy atom. The summed E-state index contributed by atoms with van der Waals surface area (Å²) >= 11 is 7.15. The van der Waals surface area contributed by atoms with E-state index >= 15 is 0 Å². The number of carbonyl (C=O) groups is 3. The highest BCUT2D eigenvalue weighted by Crippen LogP contribution is 2.68. The molecule has 0 saturated heterocycles. The molecule has 0 heterocycles. The molecule has 0 bridgehead atoms. The Labute approximate surface area is 202 Å². The molecule has 6 heteroatoms. The molecule has 0 N–H and O–H groups in total. The number of fused-ring (bicyclic) bond motifs is 5. The molecule has 3 saturated carbocycles. The molecule has 0 radical (unpaired) electrons. The van der Waals surface area contributed by atoms with Gasteiger partial charge in [-0.25, -0.2) is 4.79 Å². The van der Waals surface area contributed by atoms with Gasteiger partial charge in [-0.1, -0.05) is 26.8 Å². The van der Waals surface area contributed by atoms with Crippen LogP contribution in [-0.4, -0.2) is 36.3 Å². The van der Waals surface area contributed by atoms with Gasteiger partial charge in [0.05, 0.1) is 12.0 Å². The Morgan fingerprint density at radius 2 is 2.00 bits per heavy atom. The van der Waals surface area contributed by atoms with Crippen molar-refractivity contribution in [3.63, 3.8) is 0 Å². The normalized spacial score (nSPS) is 43.2. The van der Waals surface area contributed by atoms with Crippen LogP contribution in [0.3, 0.4) is 0 Å². The van der Waals surface area contributed by atoms with Gasteiger partial charge in [-0.2, -0.15) is 0 Å². The smallest absolute Gasteiger partial charge is 0.330 e. The lowest BCUT2D eigenvalue weighted by Crippen LogP contribution is -2.59. The average molecular weight is 477 g/mol. The topological polar surface area (TPSA) is 69.7 Å². The monoisotopic (exact) mass is 476 g/mol. The Hall–Kier alpha value is -1.62. The van der Waals surface area contributed by atoms with Gasteiger partial charge >= 0.3 is 5.97 Å². The predicted molar refractivity (Wildman–Crippen MR) is 126 cm³/mol. The van der Waals surface area contributed by atoms with Crippen molar-refractivity contribution >= 4 is 29.8 Å². The first-order valence-corrected chi connectivity index (χ1v) is 12.9. The average Bonchev–Trinajstić information content (AvgIpc) is 3.13. The number of rotatable bonds is 6. The van der Waals surface area contributed by atoms with Crippen molar-refractivity contribution in [1.29, 1.82) is 0 Å². The Kier molecular flexibility index (Phi) is 6.83. The molecule has 5 nitrogen and oxygen atoms in total. The molecule has 4 aliphatic rings. The van der Waals surface area contributed by atoms with E-state index in [9.17, 15) is 14.4 Å². The molecule has 182 valence electrons. The minimum atomic E-state index is -0.540. The maximum Gasteiger partial charge on any atom is 0.330 e. The fourth-order valence-electron chi connectivity index (χ4n) is 8.17. The summed E-state index contributed by atoms with van der Waals surface area (Å²) in [6.07, 6.45) is 10.5. The van der Waals surface area contributed by atoms with Crippen molar-refractivity contribution in [2.45, 2.75) is 77.7 Å². The predicted octanol–water partition coefficient (Wildman–Crippen LogP) is 5.26. The van der Waals surface area contributed by atoms with Gasteiger partial charge in [-0.05, 0) is 91.1 Å². The summed E-state index contributed by atoms with van der Waals surface area (Å²) in [6, 6.07) is 0. The zero-order valence-corrected chi connectivity index (χ0v) is 21.0. The summed E-state index contributed by atoms with van der Waals surface area (Å²) in [5, 5.41) is -0.334. The first-order chi connectivity index (χ1) is 15.7. The molecule has 4 aliphatic carbocycles. The Balaban J connectivity index is 1.64. The van der Waals surface area contributed by atoms with Gasteiger partial charge in [0.2, 0.25) is 0 Å². The van der Waals surface area contributed by atoms with Crippen molar-refractivity contribution in [3.8, 4) is 0 Å². The molecule has 0 amide bonds. The molecule has 4 rings (SSSR count). The highest BCUT2D eigenvalue weighted by atomic mass is 35.5. The number of hydrogen-bond donors (Lipinski definition) is 0. The van der Waals surface area contributed by atoms with Crippen molar-refractivity contribution in [2.75, 3.05) is 6.61 Å². The molecule has 0 spiro atoms. The third kappa shape index (κ3) is 3.98. The van der Waals surface area contributed by atoms with E-state index in [1.165, 1.54) is 0 Å². The van der Waals surface area contributed by atoms with Crippen LogP contribution in [0.2, 0.25) is 0 Å². The summed E-state index contributed by atoms with van der Waals surface area (Å²) < 4.78 is 10.6. The highest BCUT2D eigenvalue weighted by Gasteiger charge is 2.64. The van der Waals surface area contributed by atoms with Crippen molar-refractivity contribution in [1.82, 2.24) is 0 Å². The molecule has 0 aromatic carbocycles. The third-order valence-electron chi connectivity index (χ3n) is 9.71. The number of carbonyl (C=O) groups excluding carboxylic acids is 3. The lowest BCUT2D eigenvalue weighted by molar-refractivity contribution is -0.141. The summed E-state index contributed by atoms with van der Waals surface area (Å²) in [7, 11) is 0. The number of halogens is 1. The molecule has 4 unspecified atom stereocenters. The Morgan fingerprint density at radius 1 is 1.24 bits per heavy atom. The second kappa shape index (κ2) is 9.20. The van der Waals surface area contributed by atoms with Crippen LogP contribution in [0.15, 0.2) is 23.8 Å². The van der Waals surface area contributed by atoms with Crippen molar-refractivity contribution < 1.29 is 23.9 Å². The second-order valence-corrected chi connectivity index (χ2v) is 11.6. The lowest BCUT2D eigenvalue weighted by atomic mass is 9.45. The second-order valence-electron chi connectivity index (χ2n) is 11.1. The first-order valence-electron chi connectivity index (χ1n) is 12.5. The maximum absolute atomic E-state index is 12.3. The van der Waals surface area contributed by atoms with Gasteiger partial charge in [-0.3, -0.25) is 9.59 Å². The zero-order chi connectivity index (χ0) is 24.0. The van der Waals surface area contributed by atoms with Gasteiger partial charge in [-0.15, -0.1) is 11.6 Å². The van der Waals surface area contributed by atoms with Crippen LogP contribution < -0.4 is 0 Å². The van der Waals surface area contributed by atoms with E-state index in [0.29, 0.717) is 37.3 Å². The molecular formula is C27H37ClO5. The van der Waals surface area contributed by atoms with E-state index in [1.54, 1.807) is 12.2 Å². The van der Waals surface area contributed by atoms with Crippen molar-refractivity contribution in [3.05, 3.63) is 23.8 Å². The lowest BCUT2D eigenvalue weighted by Gasteiger charge is -2.61. The number of alkyl halides is 1. The molecule has 0 aromatic rings.